The van der Waals surface area contributed by atoms with Crippen LogP contribution < -0.4 is 4.90 Å². The second-order valence-electron chi connectivity index (χ2n) is 7.56. The summed E-state index contributed by atoms with van der Waals surface area (Å²) in [5, 5.41) is 0.312. The Kier molecular flexibility index (Phi) is 4.60. The van der Waals surface area contributed by atoms with Crippen LogP contribution >= 0.6 is 11.6 Å². The fourth-order valence-electron chi connectivity index (χ4n) is 3.39. The highest BCUT2D eigenvalue weighted by Crippen LogP contribution is 2.32. The average molecular weight is 353 g/mol. The fraction of sp³-hybridized carbons (Fsp3) is 0.706. The highest BCUT2D eigenvalue weighted by atomic mass is 35.5. The summed E-state index contributed by atoms with van der Waals surface area (Å²) in [6.45, 7) is 9.72. The van der Waals surface area contributed by atoms with E-state index >= 15 is 0 Å². The van der Waals surface area contributed by atoms with Crippen molar-refractivity contribution < 1.29 is 9.53 Å². The van der Waals surface area contributed by atoms with Crippen LogP contribution in [-0.2, 0) is 17.6 Å². The molecule has 1 aromatic rings. The minimum Gasteiger partial charge on any atom is -0.444 e. The Morgan fingerprint density at radius 2 is 2.00 bits per heavy atom. The number of hydrogen-bond donors (Lipinski definition) is 0. The second-order valence-corrected chi connectivity index (χ2v) is 7.90. The smallest absolute Gasteiger partial charge is 0.410 e. The number of carbonyl (C=O) groups is 1. The van der Waals surface area contributed by atoms with E-state index in [9.17, 15) is 4.79 Å². The normalized spacial score (nSPS) is 21.0. The van der Waals surface area contributed by atoms with Crippen molar-refractivity contribution in [2.75, 3.05) is 24.5 Å². The van der Waals surface area contributed by atoms with Crippen molar-refractivity contribution >= 4 is 23.5 Å². The number of carbonyl (C=O) groups excluding carboxylic acids is 1. The van der Waals surface area contributed by atoms with E-state index in [0.717, 1.165) is 37.3 Å². The van der Waals surface area contributed by atoms with Crippen molar-refractivity contribution in [3.8, 4) is 0 Å². The van der Waals surface area contributed by atoms with Crippen LogP contribution in [0.5, 0.6) is 0 Å². The predicted molar refractivity (Wildman–Crippen MR) is 93.7 cm³/mol. The number of rotatable bonds is 1. The minimum absolute atomic E-state index is 0.155. The lowest BCUT2D eigenvalue weighted by molar-refractivity contribution is 0.0218. The summed E-state index contributed by atoms with van der Waals surface area (Å²) in [6.07, 6.45) is 2.82. The van der Waals surface area contributed by atoms with Gasteiger partial charge in [0.1, 0.15) is 11.4 Å². The van der Waals surface area contributed by atoms with E-state index in [1.54, 1.807) is 4.90 Å². The van der Waals surface area contributed by atoms with Crippen LogP contribution in [0.1, 0.15) is 45.4 Å². The number of ether oxygens (including phenoxy) is 1. The molecule has 0 aromatic carbocycles. The summed E-state index contributed by atoms with van der Waals surface area (Å²) in [5.74, 6) is 0.943. The van der Waals surface area contributed by atoms with Crippen LogP contribution in [-0.4, -0.2) is 52.2 Å². The van der Waals surface area contributed by atoms with Crippen molar-refractivity contribution in [2.24, 2.45) is 0 Å². The van der Waals surface area contributed by atoms with Gasteiger partial charge in [-0.2, -0.15) is 0 Å². The van der Waals surface area contributed by atoms with Gasteiger partial charge < -0.3 is 14.5 Å². The average Bonchev–Trinajstić information content (AvgIpc) is 2.92. The molecule has 1 amide bonds. The Labute approximate surface area is 148 Å². The molecular weight excluding hydrogens is 328 g/mol. The SMILES string of the molecule is C[C@@H]1CN(C(=O)OC(C)(C)C)CCN1c1nc(Cl)nc2c1CCC2. The number of anilines is 1. The lowest BCUT2D eigenvalue weighted by Crippen LogP contribution is -2.55. The maximum atomic E-state index is 12.3. The van der Waals surface area contributed by atoms with Gasteiger partial charge in [0.15, 0.2) is 0 Å². The van der Waals surface area contributed by atoms with E-state index in [1.165, 1.54) is 5.56 Å². The van der Waals surface area contributed by atoms with Crippen LogP contribution in [0.3, 0.4) is 0 Å². The fourth-order valence-corrected chi connectivity index (χ4v) is 3.57. The number of halogens is 1. The molecule has 0 unspecified atom stereocenters. The Bertz CT molecular complexity index is 644. The lowest BCUT2D eigenvalue weighted by Gasteiger charge is -2.41. The lowest BCUT2D eigenvalue weighted by atomic mass is 10.1. The third kappa shape index (κ3) is 3.58. The van der Waals surface area contributed by atoms with Gasteiger partial charge in [0.25, 0.3) is 0 Å². The van der Waals surface area contributed by atoms with Gasteiger partial charge in [0.05, 0.1) is 5.69 Å². The highest BCUT2D eigenvalue weighted by Gasteiger charge is 2.32. The van der Waals surface area contributed by atoms with Crippen molar-refractivity contribution in [3.63, 3.8) is 0 Å². The molecule has 1 fully saturated rings. The molecule has 7 heteroatoms. The molecule has 1 aliphatic carbocycles. The van der Waals surface area contributed by atoms with Gasteiger partial charge in [-0.25, -0.2) is 14.8 Å². The number of fused-ring (bicyclic) bond motifs is 1. The van der Waals surface area contributed by atoms with Crippen molar-refractivity contribution in [3.05, 3.63) is 16.5 Å². The third-order valence-corrected chi connectivity index (χ3v) is 4.60. The van der Waals surface area contributed by atoms with Gasteiger partial charge in [0.2, 0.25) is 5.28 Å². The molecule has 132 valence electrons. The van der Waals surface area contributed by atoms with Gasteiger partial charge >= 0.3 is 6.09 Å². The standard InChI is InChI=1S/C17H25ClN4O2/c1-11-10-21(16(23)24-17(2,3)4)8-9-22(11)14-12-6-5-7-13(12)19-15(18)20-14/h11H,5-10H2,1-4H3/t11-/m1/s1. The summed E-state index contributed by atoms with van der Waals surface area (Å²) < 4.78 is 5.48. The number of aromatic nitrogens is 2. The number of hydrogen-bond acceptors (Lipinski definition) is 5. The summed E-state index contributed by atoms with van der Waals surface area (Å²) in [6, 6.07) is 0.155. The van der Waals surface area contributed by atoms with Crippen LogP contribution in [0.25, 0.3) is 0 Å². The van der Waals surface area contributed by atoms with E-state index in [0.29, 0.717) is 18.4 Å². The molecule has 0 saturated carbocycles. The van der Waals surface area contributed by atoms with Crippen molar-refractivity contribution in [1.29, 1.82) is 0 Å². The molecule has 24 heavy (non-hydrogen) atoms. The molecule has 2 heterocycles. The van der Waals surface area contributed by atoms with Crippen LogP contribution in [0, 0.1) is 0 Å². The van der Waals surface area contributed by atoms with Crippen LogP contribution in [0.2, 0.25) is 5.28 Å². The quantitative estimate of drug-likeness (QED) is 0.727. The second kappa shape index (κ2) is 6.39. The van der Waals surface area contributed by atoms with Gasteiger partial charge in [0, 0.05) is 31.2 Å². The topological polar surface area (TPSA) is 58.6 Å². The summed E-state index contributed by atoms with van der Waals surface area (Å²) in [5.41, 5.74) is 1.82. The first kappa shape index (κ1) is 17.3. The summed E-state index contributed by atoms with van der Waals surface area (Å²) in [7, 11) is 0. The highest BCUT2D eigenvalue weighted by molar-refractivity contribution is 6.28. The zero-order valence-corrected chi connectivity index (χ0v) is 15.6. The number of amides is 1. The minimum atomic E-state index is -0.474. The zero-order valence-electron chi connectivity index (χ0n) is 14.8. The largest absolute Gasteiger partial charge is 0.444 e. The Balaban J connectivity index is 1.74. The molecule has 0 spiro atoms. The monoisotopic (exact) mass is 352 g/mol. The number of piperazine rings is 1. The zero-order chi connectivity index (χ0) is 17.5. The van der Waals surface area contributed by atoms with Gasteiger partial charge in [-0.1, -0.05) is 0 Å². The molecule has 1 aromatic heterocycles. The molecule has 1 saturated heterocycles. The predicted octanol–water partition coefficient (Wildman–Crippen LogP) is 3.06. The third-order valence-electron chi connectivity index (χ3n) is 4.44. The van der Waals surface area contributed by atoms with E-state index in [1.807, 2.05) is 20.8 Å². The number of nitrogens with zero attached hydrogens (tertiary/aromatic N) is 4. The molecule has 1 aliphatic heterocycles. The Morgan fingerprint density at radius 3 is 2.67 bits per heavy atom. The molecular formula is C17H25ClN4O2. The molecule has 0 radical (unpaired) electrons. The Hall–Kier alpha value is -1.56. The summed E-state index contributed by atoms with van der Waals surface area (Å²) in [4.78, 5) is 25.2. The molecule has 0 bridgehead atoms. The first-order valence-electron chi connectivity index (χ1n) is 8.54. The van der Waals surface area contributed by atoms with E-state index in [4.69, 9.17) is 16.3 Å². The van der Waals surface area contributed by atoms with E-state index < -0.39 is 5.60 Å². The molecule has 1 atom stereocenters. The molecule has 0 N–H and O–H groups in total. The first-order valence-corrected chi connectivity index (χ1v) is 8.92. The van der Waals surface area contributed by atoms with Gasteiger partial charge in [-0.15, -0.1) is 0 Å². The molecule has 2 aliphatic rings. The van der Waals surface area contributed by atoms with Gasteiger partial charge in [-0.05, 0) is 58.6 Å². The first-order chi connectivity index (χ1) is 11.2. The van der Waals surface area contributed by atoms with E-state index in [-0.39, 0.29) is 12.1 Å². The summed E-state index contributed by atoms with van der Waals surface area (Å²) >= 11 is 6.11. The maximum Gasteiger partial charge on any atom is 0.410 e. The van der Waals surface area contributed by atoms with Crippen molar-refractivity contribution in [1.82, 2.24) is 14.9 Å². The number of aryl methyl sites for hydroxylation is 1. The van der Waals surface area contributed by atoms with E-state index in [2.05, 4.69) is 21.8 Å². The van der Waals surface area contributed by atoms with Crippen LogP contribution in [0.4, 0.5) is 10.6 Å². The van der Waals surface area contributed by atoms with Crippen molar-refractivity contribution in [2.45, 2.75) is 58.6 Å². The van der Waals surface area contributed by atoms with Gasteiger partial charge in [-0.3, -0.25) is 0 Å². The molecule has 3 rings (SSSR count). The maximum absolute atomic E-state index is 12.3. The molecule has 6 nitrogen and oxygen atoms in total. The van der Waals surface area contributed by atoms with Crippen LogP contribution in [0.15, 0.2) is 0 Å². The Morgan fingerprint density at radius 1 is 1.25 bits per heavy atom.